The third kappa shape index (κ3) is 3.59. The summed E-state index contributed by atoms with van der Waals surface area (Å²) in [6, 6.07) is 3.41. The topological polar surface area (TPSA) is 57.6 Å². The van der Waals surface area contributed by atoms with Gasteiger partial charge in [-0.1, -0.05) is 26.8 Å². The molecule has 1 N–H and O–H groups in total. The molecule has 4 nitrogen and oxygen atoms in total. The maximum absolute atomic E-state index is 12.8. The van der Waals surface area contributed by atoms with Gasteiger partial charge in [-0.05, 0) is 42.5 Å². The van der Waals surface area contributed by atoms with Crippen LogP contribution >= 0.6 is 0 Å². The van der Waals surface area contributed by atoms with Crippen LogP contribution in [0.25, 0.3) is 0 Å². The third-order valence-electron chi connectivity index (χ3n) is 3.40. The molecule has 5 heteroatoms. The van der Waals surface area contributed by atoms with E-state index < -0.39 is 10.0 Å². The average molecular weight is 299 g/mol. The Balaban J connectivity index is 3.37. The minimum Gasteiger partial charge on any atom is -0.392 e. The zero-order chi connectivity index (χ0) is 15.5. The van der Waals surface area contributed by atoms with E-state index in [9.17, 15) is 13.5 Å². The lowest BCUT2D eigenvalue weighted by Crippen LogP contribution is -2.34. The standard InChI is InChI=1S/C15H25NO3S/c1-6-16(9-11(2)3)20(18,19)15-8-14(10-17)7-12(4)13(15)5/h7-8,11,17H,6,9-10H2,1-5H3. The molecule has 0 amide bonds. The minimum absolute atomic E-state index is 0.153. The Labute approximate surface area is 122 Å². The summed E-state index contributed by atoms with van der Waals surface area (Å²) in [4.78, 5) is 0.309. The van der Waals surface area contributed by atoms with Crippen molar-refractivity contribution < 1.29 is 13.5 Å². The van der Waals surface area contributed by atoms with Gasteiger partial charge in [0.15, 0.2) is 0 Å². The van der Waals surface area contributed by atoms with Gasteiger partial charge >= 0.3 is 0 Å². The van der Waals surface area contributed by atoms with E-state index in [0.29, 0.717) is 23.5 Å². The maximum Gasteiger partial charge on any atom is 0.243 e. The summed E-state index contributed by atoms with van der Waals surface area (Å²) in [6.45, 7) is 10.3. The summed E-state index contributed by atoms with van der Waals surface area (Å²) in [5.41, 5.74) is 2.27. The fourth-order valence-corrected chi connectivity index (χ4v) is 4.16. The fraction of sp³-hybridized carbons (Fsp3) is 0.600. The Kier molecular flexibility index (Phi) is 5.74. The quantitative estimate of drug-likeness (QED) is 0.878. The van der Waals surface area contributed by atoms with Gasteiger partial charge in [-0.2, -0.15) is 4.31 Å². The Bertz CT molecular complexity index is 565. The smallest absolute Gasteiger partial charge is 0.243 e. The molecule has 0 atom stereocenters. The number of hydrogen-bond donors (Lipinski definition) is 1. The highest BCUT2D eigenvalue weighted by Crippen LogP contribution is 2.25. The van der Waals surface area contributed by atoms with Gasteiger partial charge in [0, 0.05) is 13.1 Å². The summed E-state index contributed by atoms with van der Waals surface area (Å²) in [6.07, 6.45) is 0. The van der Waals surface area contributed by atoms with Gasteiger partial charge in [0.05, 0.1) is 11.5 Å². The molecule has 0 aliphatic rings. The van der Waals surface area contributed by atoms with Crippen LogP contribution < -0.4 is 0 Å². The largest absolute Gasteiger partial charge is 0.392 e. The second kappa shape index (κ2) is 6.70. The van der Waals surface area contributed by atoms with Crippen molar-refractivity contribution >= 4 is 10.0 Å². The van der Waals surface area contributed by atoms with Crippen molar-refractivity contribution in [2.24, 2.45) is 5.92 Å². The van der Waals surface area contributed by atoms with Crippen molar-refractivity contribution in [1.29, 1.82) is 0 Å². The highest BCUT2D eigenvalue weighted by atomic mass is 32.2. The Morgan fingerprint density at radius 1 is 1.25 bits per heavy atom. The van der Waals surface area contributed by atoms with Crippen LogP contribution in [0.1, 0.15) is 37.5 Å². The first-order chi connectivity index (χ1) is 9.23. The SMILES string of the molecule is CCN(CC(C)C)S(=O)(=O)c1cc(CO)cc(C)c1C. The zero-order valence-electron chi connectivity index (χ0n) is 13.0. The summed E-state index contributed by atoms with van der Waals surface area (Å²) in [5.74, 6) is 0.271. The second-order valence-electron chi connectivity index (χ2n) is 5.54. The van der Waals surface area contributed by atoms with Gasteiger partial charge < -0.3 is 5.11 Å². The molecule has 0 bridgehead atoms. The molecule has 0 aromatic heterocycles. The van der Waals surface area contributed by atoms with E-state index in [1.165, 1.54) is 4.31 Å². The first kappa shape index (κ1) is 17.1. The molecule has 20 heavy (non-hydrogen) atoms. The number of rotatable bonds is 6. The lowest BCUT2D eigenvalue weighted by Gasteiger charge is -2.24. The van der Waals surface area contributed by atoms with E-state index in [4.69, 9.17) is 0 Å². The summed E-state index contributed by atoms with van der Waals surface area (Å²) < 4.78 is 27.1. The molecule has 0 aliphatic heterocycles. The summed E-state index contributed by atoms with van der Waals surface area (Å²) in [5, 5.41) is 9.28. The van der Waals surface area contributed by atoms with Crippen LogP contribution in [0, 0.1) is 19.8 Å². The molecule has 0 fully saturated rings. The van der Waals surface area contributed by atoms with Crippen molar-refractivity contribution in [3.8, 4) is 0 Å². The van der Waals surface area contributed by atoms with E-state index in [2.05, 4.69) is 0 Å². The van der Waals surface area contributed by atoms with Crippen molar-refractivity contribution in [2.45, 2.75) is 46.1 Å². The number of nitrogens with zero attached hydrogens (tertiary/aromatic N) is 1. The predicted octanol–water partition coefficient (Wildman–Crippen LogP) is 2.46. The third-order valence-corrected chi connectivity index (χ3v) is 5.47. The van der Waals surface area contributed by atoms with Crippen LogP contribution in [0.3, 0.4) is 0 Å². The Morgan fingerprint density at radius 3 is 2.30 bits per heavy atom. The zero-order valence-corrected chi connectivity index (χ0v) is 13.8. The van der Waals surface area contributed by atoms with E-state index in [0.717, 1.165) is 11.1 Å². The molecule has 0 heterocycles. The molecular weight excluding hydrogens is 274 g/mol. The van der Waals surface area contributed by atoms with Crippen molar-refractivity contribution in [2.75, 3.05) is 13.1 Å². The molecule has 1 rings (SSSR count). The average Bonchev–Trinajstić information content (AvgIpc) is 2.38. The highest BCUT2D eigenvalue weighted by molar-refractivity contribution is 7.89. The van der Waals surface area contributed by atoms with E-state index in [-0.39, 0.29) is 12.5 Å². The lowest BCUT2D eigenvalue weighted by molar-refractivity contribution is 0.281. The molecular formula is C15H25NO3S. The molecule has 1 aromatic rings. The number of hydrogen-bond acceptors (Lipinski definition) is 3. The first-order valence-electron chi connectivity index (χ1n) is 6.95. The van der Waals surface area contributed by atoms with Crippen LogP contribution in [-0.2, 0) is 16.6 Å². The van der Waals surface area contributed by atoms with Crippen LogP contribution in [0.5, 0.6) is 0 Å². The molecule has 1 aromatic carbocycles. The first-order valence-corrected chi connectivity index (χ1v) is 8.39. The van der Waals surface area contributed by atoms with Gasteiger partial charge in [0.1, 0.15) is 0 Å². The van der Waals surface area contributed by atoms with Gasteiger partial charge in [-0.25, -0.2) is 8.42 Å². The lowest BCUT2D eigenvalue weighted by atomic mass is 10.1. The molecule has 0 radical (unpaired) electrons. The Hall–Kier alpha value is -0.910. The van der Waals surface area contributed by atoms with E-state index in [1.807, 2.05) is 40.7 Å². The molecule has 0 spiro atoms. The van der Waals surface area contributed by atoms with Crippen molar-refractivity contribution in [3.63, 3.8) is 0 Å². The number of aliphatic hydroxyl groups is 1. The number of benzene rings is 1. The summed E-state index contributed by atoms with van der Waals surface area (Å²) in [7, 11) is -3.51. The Morgan fingerprint density at radius 2 is 1.85 bits per heavy atom. The van der Waals surface area contributed by atoms with Gasteiger partial charge in [0.2, 0.25) is 10.0 Å². The van der Waals surface area contributed by atoms with Gasteiger partial charge in [0.25, 0.3) is 0 Å². The molecule has 114 valence electrons. The maximum atomic E-state index is 12.8. The van der Waals surface area contributed by atoms with E-state index >= 15 is 0 Å². The summed E-state index contributed by atoms with van der Waals surface area (Å²) >= 11 is 0. The minimum atomic E-state index is -3.51. The second-order valence-corrected chi connectivity index (χ2v) is 7.45. The molecule has 0 saturated carbocycles. The monoisotopic (exact) mass is 299 g/mol. The molecule has 0 saturated heterocycles. The van der Waals surface area contributed by atoms with E-state index in [1.54, 1.807) is 6.07 Å². The van der Waals surface area contributed by atoms with Crippen molar-refractivity contribution in [1.82, 2.24) is 4.31 Å². The van der Waals surface area contributed by atoms with Crippen molar-refractivity contribution in [3.05, 3.63) is 28.8 Å². The van der Waals surface area contributed by atoms with Crippen LogP contribution in [0.2, 0.25) is 0 Å². The fourth-order valence-electron chi connectivity index (χ4n) is 2.20. The van der Waals surface area contributed by atoms with Crippen LogP contribution in [0.4, 0.5) is 0 Å². The number of aliphatic hydroxyl groups excluding tert-OH is 1. The molecule has 0 aliphatic carbocycles. The highest BCUT2D eigenvalue weighted by Gasteiger charge is 2.26. The number of aryl methyl sites for hydroxylation is 1. The van der Waals surface area contributed by atoms with Gasteiger partial charge in [-0.3, -0.25) is 0 Å². The predicted molar refractivity (Wildman–Crippen MR) is 81.1 cm³/mol. The normalized spacial score (nSPS) is 12.4. The van der Waals surface area contributed by atoms with Crippen LogP contribution in [-0.4, -0.2) is 30.9 Å². The van der Waals surface area contributed by atoms with Gasteiger partial charge in [-0.15, -0.1) is 0 Å². The molecule has 0 unspecified atom stereocenters. The number of sulfonamides is 1. The van der Waals surface area contributed by atoms with Crippen LogP contribution in [0.15, 0.2) is 17.0 Å².